The molecule has 3 N–H and O–H groups in total. The van der Waals surface area contributed by atoms with Crippen LogP contribution in [0, 0.1) is 0 Å². The fraction of sp³-hybridized carbons (Fsp3) is 0.188. The molecule has 8 nitrogen and oxygen atoms in total. The molecule has 0 unspecified atom stereocenters. The van der Waals surface area contributed by atoms with Gasteiger partial charge in [-0.15, -0.1) is 11.3 Å². The zero-order chi connectivity index (χ0) is 18.4. The quantitative estimate of drug-likeness (QED) is 0.703. The van der Waals surface area contributed by atoms with Gasteiger partial charge in [-0.05, 0) is 23.6 Å². The second-order valence-electron chi connectivity index (χ2n) is 4.85. The first-order valence-electron chi connectivity index (χ1n) is 7.13. The number of methoxy groups -OCH3 is 2. The van der Waals surface area contributed by atoms with Gasteiger partial charge in [0.25, 0.3) is 11.8 Å². The summed E-state index contributed by atoms with van der Waals surface area (Å²) in [6, 6.07) is 6.31. The number of ether oxygens (including phenoxy) is 2. The molecule has 2 rings (SSSR count). The van der Waals surface area contributed by atoms with Crippen molar-refractivity contribution in [1.29, 1.82) is 0 Å². The number of hydrazine groups is 1. The summed E-state index contributed by atoms with van der Waals surface area (Å²) < 4.78 is 10.3. The highest BCUT2D eigenvalue weighted by Gasteiger charge is 2.17. The minimum atomic E-state index is -0.532. The predicted octanol–water partition coefficient (Wildman–Crippen LogP) is 1.80. The van der Waals surface area contributed by atoms with Gasteiger partial charge in [0.2, 0.25) is 5.91 Å². The molecule has 0 aliphatic heterocycles. The van der Waals surface area contributed by atoms with Gasteiger partial charge < -0.3 is 14.8 Å². The Balaban J connectivity index is 2.18. The number of hydrogen-bond donors (Lipinski definition) is 3. The first kappa shape index (κ1) is 18.3. The third-order valence-electron chi connectivity index (χ3n) is 3.10. The lowest BCUT2D eigenvalue weighted by atomic mass is 10.2. The van der Waals surface area contributed by atoms with Gasteiger partial charge in [-0.2, -0.15) is 0 Å². The molecule has 0 saturated carbocycles. The minimum absolute atomic E-state index is 0.238. The van der Waals surface area contributed by atoms with Crippen LogP contribution in [-0.2, 0) is 4.79 Å². The summed E-state index contributed by atoms with van der Waals surface area (Å²) in [5.41, 5.74) is 5.00. The van der Waals surface area contributed by atoms with E-state index in [1.807, 2.05) is 0 Å². The molecule has 25 heavy (non-hydrogen) atoms. The smallest absolute Gasteiger partial charge is 0.272 e. The van der Waals surface area contributed by atoms with Crippen molar-refractivity contribution in [2.24, 2.45) is 0 Å². The maximum atomic E-state index is 12.5. The van der Waals surface area contributed by atoms with E-state index in [2.05, 4.69) is 16.2 Å². The van der Waals surface area contributed by atoms with Crippen LogP contribution in [0.3, 0.4) is 0 Å². The molecule has 0 saturated heterocycles. The Bertz CT molecular complexity index is 781. The van der Waals surface area contributed by atoms with Crippen LogP contribution in [0.4, 0.5) is 5.00 Å². The summed E-state index contributed by atoms with van der Waals surface area (Å²) in [4.78, 5) is 35.4. The molecule has 0 radical (unpaired) electrons. The Morgan fingerprint density at radius 1 is 0.960 bits per heavy atom. The maximum absolute atomic E-state index is 12.5. The normalized spacial score (nSPS) is 9.88. The minimum Gasteiger partial charge on any atom is -0.497 e. The van der Waals surface area contributed by atoms with Crippen LogP contribution in [0.25, 0.3) is 0 Å². The van der Waals surface area contributed by atoms with Crippen LogP contribution >= 0.6 is 11.3 Å². The zero-order valence-electron chi connectivity index (χ0n) is 13.8. The molecule has 0 fully saturated rings. The van der Waals surface area contributed by atoms with Gasteiger partial charge in [0.15, 0.2) is 0 Å². The molecule has 9 heteroatoms. The average Bonchev–Trinajstić information content (AvgIpc) is 3.07. The lowest BCUT2D eigenvalue weighted by Gasteiger charge is -2.10. The lowest BCUT2D eigenvalue weighted by molar-refractivity contribution is -0.119. The van der Waals surface area contributed by atoms with Crippen molar-refractivity contribution < 1.29 is 23.9 Å². The third-order valence-corrected chi connectivity index (χ3v) is 3.93. The number of hydrogen-bond acceptors (Lipinski definition) is 6. The van der Waals surface area contributed by atoms with E-state index in [0.717, 1.165) is 0 Å². The number of benzene rings is 1. The average molecular weight is 363 g/mol. The number of thiophene rings is 1. The Labute approximate surface area is 148 Å². The highest BCUT2D eigenvalue weighted by molar-refractivity contribution is 7.14. The highest BCUT2D eigenvalue weighted by Crippen LogP contribution is 2.26. The Kier molecular flexibility index (Phi) is 5.96. The summed E-state index contributed by atoms with van der Waals surface area (Å²) >= 11 is 1.19. The molecular weight excluding hydrogens is 346 g/mol. The van der Waals surface area contributed by atoms with E-state index < -0.39 is 17.7 Å². The van der Waals surface area contributed by atoms with Gasteiger partial charge in [-0.25, -0.2) is 0 Å². The van der Waals surface area contributed by atoms with E-state index in [-0.39, 0.29) is 5.56 Å². The lowest BCUT2D eigenvalue weighted by Crippen LogP contribution is -2.40. The summed E-state index contributed by atoms with van der Waals surface area (Å²) in [6.45, 7) is 1.27. The summed E-state index contributed by atoms with van der Waals surface area (Å²) in [7, 11) is 2.97. The van der Waals surface area contributed by atoms with Crippen LogP contribution < -0.4 is 25.6 Å². The van der Waals surface area contributed by atoms with Crippen LogP contribution in [0.1, 0.15) is 27.6 Å². The predicted molar refractivity (Wildman–Crippen MR) is 93.1 cm³/mol. The van der Waals surface area contributed by atoms with Crippen molar-refractivity contribution in [3.05, 3.63) is 40.8 Å². The van der Waals surface area contributed by atoms with E-state index in [0.29, 0.717) is 22.1 Å². The largest absolute Gasteiger partial charge is 0.497 e. The number of rotatable bonds is 5. The van der Waals surface area contributed by atoms with Gasteiger partial charge in [-0.1, -0.05) is 0 Å². The van der Waals surface area contributed by atoms with Crippen molar-refractivity contribution in [3.8, 4) is 11.5 Å². The van der Waals surface area contributed by atoms with Crippen molar-refractivity contribution in [2.75, 3.05) is 19.5 Å². The van der Waals surface area contributed by atoms with Crippen molar-refractivity contribution in [3.63, 3.8) is 0 Å². The van der Waals surface area contributed by atoms with Gasteiger partial charge in [0, 0.05) is 18.6 Å². The van der Waals surface area contributed by atoms with Crippen LogP contribution in [0.15, 0.2) is 29.6 Å². The molecule has 0 atom stereocenters. The molecule has 0 aliphatic rings. The summed E-state index contributed by atoms with van der Waals surface area (Å²) in [5.74, 6) is -0.417. The van der Waals surface area contributed by atoms with E-state index in [1.165, 1.54) is 32.5 Å². The van der Waals surface area contributed by atoms with Crippen molar-refractivity contribution in [2.45, 2.75) is 6.92 Å². The van der Waals surface area contributed by atoms with Crippen molar-refractivity contribution >= 4 is 34.1 Å². The fourth-order valence-corrected chi connectivity index (χ4v) is 2.69. The summed E-state index contributed by atoms with van der Waals surface area (Å²) in [5, 5.41) is 4.69. The Morgan fingerprint density at radius 2 is 1.60 bits per heavy atom. The van der Waals surface area contributed by atoms with Gasteiger partial charge >= 0.3 is 0 Å². The molecule has 1 aromatic heterocycles. The second-order valence-corrected chi connectivity index (χ2v) is 5.77. The molecule has 0 spiro atoms. The Hall–Kier alpha value is -3.07. The summed E-state index contributed by atoms with van der Waals surface area (Å²) in [6.07, 6.45) is 0. The molecule has 0 aliphatic carbocycles. The molecule has 1 aromatic carbocycles. The number of anilines is 1. The molecular formula is C16H17N3O5S. The SMILES string of the molecule is COc1cc(OC)cc(C(=O)Nc2sccc2C(=O)NNC(C)=O)c1. The molecule has 1 heterocycles. The zero-order valence-corrected chi connectivity index (χ0v) is 14.7. The molecule has 132 valence electrons. The van der Waals surface area contributed by atoms with Crippen LogP contribution in [-0.4, -0.2) is 31.9 Å². The first-order valence-corrected chi connectivity index (χ1v) is 8.01. The van der Waals surface area contributed by atoms with Gasteiger partial charge in [0.05, 0.1) is 19.8 Å². The highest BCUT2D eigenvalue weighted by atomic mass is 32.1. The van der Waals surface area contributed by atoms with Crippen molar-refractivity contribution in [1.82, 2.24) is 10.9 Å². The molecule has 2 aromatic rings. The van der Waals surface area contributed by atoms with E-state index in [9.17, 15) is 14.4 Å². The van der Waals surface area contributed by atoms with Crippen LogP contribution in [0.2, 0.25) is 0 Å². The molecule has 0 bridgehead atoms. The van der Waals surface area contributed by atoms with E-state index in [4.69, 9.17) is 9.47 Å². The standard InChI is InChI=1S/C16H17N3O5S/c1-9(20)18-19-15(22)13-4-5-25-16(13)17-14(21)10-6-11(23-2)8-12(7-10)24-3/h4-8H,1-3H3,(H,17,21)(H,18,20)(H,19,22). The van der Waals surface area contributed by atoms with Gasteiger partial charge in [0.1, 0.15) is 16.5 Å². The second kappa shape index (κ2) is 8.15. The first-order chi connectivity index (χ1) is 11.9. The van der Waals surface area contributed by atoms with E-state index >= 15 is 0 Å². The van der Waals surface area contributed by atoms with Crippen LogP contribution in [0.5, 0.6) is 11.5 Å². The number of carbonyl (C=O) groups is 3. The monoisotopic (exact) mass is 363 g/mol. The topological polar surface area (TPSA) is 106 Å². The number of amides is 3. The fourth-order valence-electron chi connectivity index (χ4n) is 1.91. The maximum Gasteiger partial charge on any atom is 0.272 e. The van der Waals surface area contributed by atoms with Gasteiger partial charge in [-0.3, -0.25) is 25.2 Å². The Morgan fingerprint density at radius 3 is 2.16 bits per heavy atom. The number of carbonyl (C=O) groups excluding carboxylic acids is 3. The van der Waals surface area contributed by atoms with E-state index in [1.54, 1.807) is 29.6 Å². The number of nitrogens with one attached hydrogen (secondary N) is 3. The third kappa shape index (κ3) is 4.70. The molecule has 3 amide bonds.